The van der Waals surface area contributed by atoms with E-state index in [0.29, 0.717) is 45.0 Å². The number of anilines is 1. The summed E-state index contributed by atoms with van der Waals surface area (Å²) in [6.07, 6.45) is 2.35. The number of carbonyl (C=O) groups excluding carboxylic acids is 1. The minimum Gasteiger partial charge on any atom is -0.507 e. The van der Waals surface area contributed by atoms with Crippen LogP contribution in [0.1, 0.15) is 19.3 Å². The third-order valence-electron chi connectivity index (χ3n) is 8.38. The van der Waals surface area contributed by atoms with Crippen LogP contribution in [0.3, 0.4) is 0 Å². The number of aromatic nitrogens is 2. The van der Waals surface area contributed by atoms with Gasteiger partial charge in [0, 0.05) is 50.1 Å². The number of halogens is 4. The number of alkyl halides is 1. The normalized spacial score (nSPS) is 22.8. The lowest BCUT2D eigenvalue weighted by molar-refractivity contribution is -0.126. The zero-order chi connectivity index (χ0) is 28.9. The highest BCUT2D eigenvalue weighted by molar-refractivity contribution is 6.34. The fourth-order valence-corrected chi connectivity index (χ4v) is 6.66. The summed E-state index contributed by atoms with van der Waals surface area (Å²) >= 11 is 6.51. The van der Waals surface area contributed by atoms with Crippen LogP contribution in [-0.4, -0.2) is 88.4 Å². The Morgan fingerprint density at radius 3 is 2.71 bits per heavy atom. The maximum atomic E-state index is 16.3. The van der Waals surface area contributed by atoms with Crippen molar-refractivity contribution in [1.82, 2.24) is 19.8 Å². The van der Waals surface area contributed by atoms with Crippen LogP contribution in [0.15, 0.2) is 36.9 Å². The molecule has 216 valence electrons. The zero-order valence-electron chi connectivity index (χ0n) is 22.3. The molecule has 41 heavy (non-hydrogen) atoms. The van der Waals surface area contributed by atoms with Gasteiger partial charge in [-0.2, -0.15) is 9.97 Å². The minimum atomic E-state index is -0.947. The van der Waals surface area contributed by atoms with Gasteiger partial charge in [-0.05, 0) is 43.7 Å². The predicted molar refractivity (Wildman–Crippen MR) is 149 cm³/mol. The molecule has 0 saturated carbocycles. The van der Waals surface area contributed by atoms with Crippen LogP contribution in [0.2, 0.25) is 5.02 Å². The number of nitrogens with zero attached hydrogens (tertiary/aromatic N) is 5. The van der Waals surface area contributed by atoms with Gasteiger partial charge in [-0.15, -0.1) is 0 Å². The van der Waals surface area contributed by atoms with Gasteiger partial charge in [0.05, 0.1) is 16.1 Å². The zero-order valence-corrected chi connectivity index (χ0v) is 23.0. The summed E-state index contributed by atoms with van der Waals surface area (Å²) in [5.74, 6) is -2.10. The number of phenolic OH excluding ortho intramolecular Hbond substituents is 1. The van der Waals surface area contributed by atoms with Gasteiger partial charge in [-0.1, -0.05) is 24.2 Å². The highest BCUT2D eigenvalue weighted by Gasteiger charge is 2.49. The summed E-state index contributed by atoms with van der Waals surface area (Å²) in [5.41, 5.74) is -1.34. The summed E-state index contributed by atoms with van der Waals surface area (Å²) in [7, 11) is 0. The number of piperazine rings is 1. The Labute approximate surface area is 240 Å². The largest absolute Gasteiger partial charge is 0.507 e. The molecule has 3 aliphatic rings. The van der Waals surface area contributed by atoms with Crippen molar-refractivity contribution in [3.05, 3.63) is 53.6 Å². The lowest BCUT2D eigenvalue weighted by atomic mass is 9.95. The maximum Gasteiger partial charge on any atom is 0.319 e. The Morgan fingerprint density at radius 2 is 1.98 bits per heavy atom. The first-order valence-electron chi connectivity index (χ1n) is 13.6. The van der Waals surface area contributed by atoms with Crippen molar-refractivity contribution in [2.45, 2.75) is 31.0 Å². The molecule has 0 spiro atoms. The highest BCUT2D eigenvalue weighted by Crippen LogP contribution is 2.44. The molecule has 0 radical (unpaired) electrons. The first-order chi connectivity index (χ1) is 19.7. The van der Waals surface area contributed by atoms with Gasteiger partial charge in [0.1, 0.15) is 35.7 Å². The molecule has 3 aliphatic heterocycles. The maximum absolute atomic E-state index is 16.3. The third kappa shape index (κ3) is 4.84. The van der Waals surface area contributed by atoms with Crippen molar-refractivity contribution in [2.75, 3.05) is 50.8 Å². The first-order valence-corrected chi connectivity index (χ1v) is 13.9. The van der Waals surface area contributed by atoms with Crippen molar-refractivity contribution in [1.29, 1.82) is 0 Å². The van der Waals surface area contributed by atoms with Gasteiger partial charge in [0.2, 0.25) is 5.91 Å². The molecule has 3 saturated heterocycles. The predicted octanol–water partition coefficient (Wildman–Crippen LogP) is 4.72. The van der Waals surface area contributed by atoms with E-state index in [1.165, 1.54) is 24.3 Å². The third-order valence-corrected chi connectivity index (χ3v) is 8.68. The molecule has 8 nitrogen and oxygen atoms in total. The summed E-state index contributed by atoms with van der Waals surface area (Å²) in [6.45, 7) is 6.37. The number of rotatable bonds is 6. The number of aromatic hydroxyl groups is 1. The Balaban J connectivity index is 1.43. The molecule has 1 N–H and O–H groups in total. The number of phenols is 1. The van der Waals surface area contributed by atoms with E-state index in [9.17, 15) is 18.7 Å². The molecular formula is C29H29ClF3N5O3. The van der Waals surface area contributed by atoms with Gasteiger partial charge in [-0.25, -0.2) is 13.2 Å². The van der Waals surface area contributed by atoms with Crippen molar-refractivity contribution >= 4 is 34.2 Å². The van der Waals surface area contributed by atoms with E-state index < -0.39 is 29.1 Å². The number of hydrogen-bond acceptors (Lipinski definition) is 7. The summed E-state index contributed by atoms with van der Waals surface area (Å²) in [6, 6.07) is 5.00. The SMILES string of the molecule is C=CC(=O)N1CCN(c2nc(OC[C@@]34CCCN3C[C@H](F)C4)nc3c(F)c(-c4c(O)cccc4F)c(Cl)cc23)CC1. The smallest absolute Gasteiger partial charge is 0.319 e. The van der Waals surface area contributed by atoms with E-state index in [0.717, 1.165) is 25.5 Å². The molecule has 12 heteroatoms. The Hall–Kier alpha value is -3.57. The molecule has 0 aliphatic carbocycles. The second-order valence-corrected chi connectivity index (χ2v) is 11.2. The van der Waals surface area contributed by atoms with E-state index >= 15 is 4.39 Å². The average molecular weight is 588 g/mol. The lowest BCUT2D eigenvalue weighted by Crippen LogP contribution is -2.48. The molecule has 4 heterocycles. The standard InChI is InChI=1S/C29H29ClF3N5O3/c1-2-22(40)36-9-11-37(12-10-36)27-18-13-19(30)23(24-20(32)5-3-6-21(24)39)25(33)26(18)34-28(35-27)41-16-29-7-4-8-38(29)15-17(31)14-29/h2-3,5-6,13,17,39H,1,4,7-12,14-16H2/t17-,29+/m1/s1. The molecule has 1 aromatic heterocycles. The number of amides is 1. The number of carbonyl (C=O) groups is 1. The van der Waals surface area contributed by atoms with Crippen LogP contribution in [0.5, 0.6) is 11.8 Å². The van der Waals surface area contributed by atoms with Crippen LogP contribution < -0.4 is 9.64 Å². The second-order valence-electron chi connectivity index (χ2n) is 10.8. The summed E-state index contributed by atoms with van der Waals surface area (Å²) in [5, 5.41) is 10.5. The van der Waals surface area contributed by atoms with Crippen LogP contribution in [0.4, 0.5) is 19.0 Å². The molecule has 3 aromatic rings. The van der Waals surface area contributed by atoms with E-state index in [1.807, 2.05) is 4.90 Å². The fraction of sp³-hybridized carbons (Fsp3) is 0.414. The van der Waals surface area contributed by atoms with E-state index in [1.54, 1.807) is 4.90 Å². The minimum absolute atomic E-state index is 0.106. The quantitative estimate of drug-likeness (QED) is 0.418. The second kappa shape index (κ2) is 10.7. The number of ether oxygens (including phenoxy) is 1. The van der Waals surface area contributed by atoms with Crippen molar-refractivity contribution < 1.29 is 27.8 Å². The summed E-state index contributed by atoms with van der Waals surface area (Å²) < 4.78 is 51.5. The fourth-order valence-electron chi connectivity index (χ4n) is 6.37. The van der Waals surface area contributed by atoms with Crippen molar-refractivity contribution in [2.24, 2.45) is 0 Å². The molecule has 3 fully saturated rings. The van der Waals surface area contributed by atoms with E-state index in [-0.39, 0.29) is 45.6 Å². The molecule has 2 atom stereocenters. The highest BCUT2D eigenvalue weighted by atomic mass is 35.5. The van der Waals surface area contributed by atoms with Gasteiger partial charge < -0.3 is 19.6 Å². The Morgan fingerprint density at radius 1 is 1.20 bits per heavy atom. The van der Waals surface area contributed by atoms with Crippen LogP contribution in [0.25, 0.3) is 22.0 Å². The van der Waals surface area contributed by atoms with E-state index in [4.69, 9.17) is 16.3 Å². The number of fused-ring (bicyclic) bond motifs is 2. The molecule has 2 aromatic carbocycles. The monoisotopic (exact) mass is 587 g/mol. The summed E-state index contributed by atoms with van der Waals surface area (Å²) in [4.78, 5) is 26.7. The first kappa shape index (κ1) is 27.6. The molecule has 1 amide bonds. The van der Waals surface area contributed by atoms with Crippen LogP contribution >= 0.6 is 11.6 Å². The molecule has 6 rings (SSSR count). The Kier molecular flexibility index (Phi) is 7.19. The van der Waals surface area contributed by atoms with Crippen LogP contribution in [0, 0.1) is 11.6 Å². The number of benzene rings is 2. The van der Waals surface area contributed by atoms with Gasteiger partial charge >= 0.3 is 6.01 Å². The van der Waals surface area contributed by atoms with Gasteiger partial charge in [0.25, 0.3) is 0 Å². The van der Waals surface area contributed by atoms with Crippen molar-refractivity contribution in [3.63, 3.8) is 0 Å². The Bertz CT molecular complexity index is 1510. The van der Waals surface area contributed by atoms with Gasteiger partial charge in [0.15, 0.2) is 5.82 Å². The van der Waals surface area contributed by atoms with E-state index in [2.05, 4.69) is 21.4 Å². The van der Waals surface area contributed by atoms with Gasteiger partial charge in [-0.3, -0.25) is 9.69 Å². The lowest BCUT2D eigenvalue weighted by Gasteiger charge is -2.35. The van der Waals surface area contributed by atoms with Crippen LogP contribution in [-0.2, 0) is 4.79 Å². The molecule has 0 bridgehead atoms. The van der Waals surface area contributed by atoms with Crippen molar-refractivity contribution in [3.8, 4) is 22.9 Å². The molecular weight excluding hydrogens is 559 g/mol. The molecule has 0 unspecified atom stereocenters. The number of hydrogen-bond donors (Lipinski definition) is 1. The topological polar surface area (TPSA) is 82.0 Å². The average Bonchev–Trinajstić information content (AvgIpc) is 3.48.